The zero-order chi connectivity index (χ0) is 11.8. The van der Waals surface area contributed by atoms with E-state index >= 15 is 0 Å². The quantitative estimate of drug-likeness (QED) is 0.396. The Morgan fingerprint density at radius 2 is 1.76 bits per heavy atom. The summed E-state index contributed by atoms with van der Waals surface area (Å²) in [5.74, 6) is -1.92. The van der Waals surface area contributed by atoms with E-state index in [9.17, 15) is 9.59 Å². The summed E-state index contributed by atoms with van der Waals surface area (Å²) in [4.78, 5) is 21.0. The van der Waals surface area contributed by atoms with Crippen LogP contribution in [0.1, 0.15) is 5.56 Å². The molecule has 0 aliphatic rings. The molecule has 0 heterocycles. The number of benzene rings is 1. The van der Waals surface area contributed by atoms with Crippen molar-refractivity contribution >= 4 is 18.0 Å². The van der Waals surface area contributed by atoms with Crippen molar-refractivity contribution < 1.29 is 36.5 Å². The van der Waals surface area contributed by atoms with Crippen LogP contribution in [0.15, 0.2) is 48.7 Å². The smallest absolute Gasteiger partial charge is 0.335 e. The van der Waals surface area contributed by atoms with Gasteiger partial charge >= 0.3 is 11.9 Å². The Bertz CT molecular complexity index is 423. The average molecular weight is 282 g/mol. The van der Waals surface area contributed by atoms with Crippen LogP contribution in [0.3, 0.4) is 0 Å². The molecule has 0 fully saturated rings. The Hall–Kier alpha value is -1.84. The summed E-state index contributed by atoms with van der Waals surface area (Å²) in [5.41, 5.74) is 0.887. The Kier molecular flexibility index (Phi) is 7.43. The van der Waals surface area contributed by atoms with Crippen LogP contribution < -0.4 is 0 Å². The molecule has 1 radical (unpaired) electrons. The first-order valence-corrected chi connectivity index (χ1v) is 4.52. The number of rotatable bonds is 4. The van der Waals surface area contributed by atoms with Crippen LogP contribution in [0.25, 0.3) is 6.08 Å². The maximum absolute atomic E-state index is 10.9. The van der Waals surface area contributed by atoms with Gasteiger partial charge in [0.1, 0.15) is 0 Å². The molecular weight excluding hydrogens is 272 g/mol. The monoisotopic (exact) mass is 281 g/mol. The molecule has 0 spiro atoms. The van der Waals surface area contributed by atoms with Crippen LogP contribution in [-0.4, -0.2) is 17.0 Å². The van der Waals surface area contributed by atoms with Crippen LogP contribution >= 0.6 is 0 Å². The maximum atomic E-state index is 10.9. The minimum atomic E-state index is -1.19. The van der Waals surface area contributed by atoms with E-state index in [0.29, 0.717) is 0 Å². The molecule has 0 amide bonds. The molecule has 93 valence electrons. The summed E-state index contributed by atoms with van der Waals surface area (Å²) in [6, 6.07) is 9.27. The Balaban J connectivity index is 0.00000256. The molecule has 5 heteroatoms. The van der Waals surface area contributed by atoms with Crippen LogP contribution in [-0.2, 0) is 31.4 Å². The van der Waals surface area contributed by atoms with Gasteiger partial charge in [-0.05, 0) is 11.6 Å². The topological polar surface area (TPSA) is 63.6 Å². The zero-order valence-corrected chi connectivity index (χ0v) is 9.61. The van der Waals surface area contributed by atoms with Crippen molar-refractivity contribution in [1.29, 1.82) is 0 Å². The molecule has 0 saturated heterocycles. The van der Waals surface area contributed by atoms with Crippen molar-refractivity contribution in [1.82, 2.24) is 0 Å². The van der Waals surface area contributed by atoms with Gasteiger partial charge in [0.15, 0.2) is 0 Å². The second-order valence-corrected chi connectivity index (χ2v) is 2.82. The predicted molar refractivity (Wildman–Crippen MR) is 58.3 cm³/mol. The molecule has 4 nitrogen and oxygen atoms in total. The molecule has 1 rings (SSSR count). The second-order valence-electron chi connectivity index (χ2n) is 2.82. The fraction of sp³-hybridized carbons (Fsp3) is 0. The Morgan fingerprint density at radius 3 is 2.35 bits per heavy atom. The second kappa shape index (κ2) is 8.33. The van der Waals surface area contributed by atoms with E-state index in [1.165, 1.54) is 6.26 Å². The number of hydrogen-bond acceptors (Lipinski definition) is 3. The first-order valence-electron chi connectivity index (χ1n) is 4.52. The third kappa shape index (κ3) is 7.11. The predicted octanol–water partition coefficient (Wildman–Crippen LogP) is 1.84. The molecule has 0 aliphatic carbocycles. The molecule has 0 saturated carbocycles. The molecule has 0 aliphatic heterocycles. The van der Waals surface area contributed by atoms with E-state index in [-0.39, 0.29) is 17.1 Å². The molecule has 0 aromatic heterocycles. The van der Waals surface area contributed by atoms with Crippen LogP contribution in [0.4, 0.5) is 0 Å². The van der Waals surface area contributed by atoms with Gasteiger partial charge in [-0.2, -0.15) is 0 Å². The van der Waals surface area contributed by atoms with Gasteiger partial charge in [-0.25, -0.2) is 9.59 Å². The summed E-state index contributed by atoms with van der Waals surface area (Å²) in [7, 11) is 0. The molecule has 0 bridgehead atoms. The average Bonchev–Trinajstić information content (AvgIpc) is 2.28. The third-order valence-electron chi connectivity index (χ3n) is 1.61. The number of esters is 1. The summed E-state index contributed by atoms with van der Waals surface area (Å²) in [6.45, 7) is 0. The maximum Gasteiger partial charge on any atom is 0.335 e. The van der Waals surface area contributed by atoms with Gasteiger partial charge in [0.05, 0.1) is 6.26 Å². The van der Waals surface area contributed by atoms with Crippen molar-refractivity contribution in [2.24, 2.45) is 0 Å². The fourth-order valence-electron chi connectivity index (χ4n) is 0.922. The van der Waals surface area contributed by atoms with E-state index in [2.05, 4.69) is 4.74 Å². The van der Waals surface area contributed by atoms with E-state index < -0.39 is 11.9 Å². The van der Waals surface area contributed by atoms with Crippen LogP contribution in [0.2, 0.25) is 0 Å². The fourth-order valence-corrected chi connectivity index (χ4v) is 0.922. The largest absolute Gasteiger partial charge is 0.478 e. The standard InChI is InChI=1S/C12H10O4.Cu/c13-11(14)6-7-12(15)16-9-8-10-4-2-1-3-5-10;/h1-9H,(H,13,14);/b7-6-,9-8?;. The minimum absolute atomic E-state index is 0. The van der Waals surface area contributed by atoms with Crippen LogP contribution in [0.5, 0.6) is 0 Å². The SMILES string of the molecule is O=C(O)/C=C\C(=O)OC=Cc1ccccc1.[Cu]. The number of carbonyl (C=O) groups is 2. The van der Waals surface area contributed by atoms with Crippen molar-refractivity contribution in [3.05, 3.63) is 54.3 Å². The first-order chi connectivity index (χ1) is 7.68. The van der Waals surface area contributed by atoms with Gasteiger partial charge in [-0.15, -0.1) is 0 Å². The van der Waals surface area contributed by atoms with E-state index in [1.807, 2.05) is 30.3 Å². The van der Waals surface area contributed by atoms with Gasteiger partial charge in [0.2, 0.25) is 0 Å². The molecule has 0 atom stereocenters. The van der Waals surface area contributed by atoms with Crippen molar-refractivity contribution in [2.45, 2.75) is 0 Å². The Labute approximate surface area is 109 Å². The summed E-state index contributed by atoms with van der Waals surface area (Å²) >= 11 is 0. The van der Waals surface area contributed by atoms with Gasteiger partial charge < -0.3 is 9.84 Å². The molecular formula is C12H10CuO4. The normalized spacial score (nSPS) is 10.1. The van der Waals surface area contributed by atoms with Crippen molar-refractivity contribution in [3.8, 4) is 0 Å². The number of carboxylic acids is 1. The number of carbonyl (C=O) groups excluding carboxylic acids is 1. The van der Waals surface area contributed by atoms with E-state index in [1.54, 1.807) is 6.08 Å². The summed E-state index contributed by atoms with van der Waals surface area (Å²) < 4.78 is 4.63. The summed E-state index contributed by atoms with van der Waals surface area (Å²) in [6.07, 6.45) is 4.38. The number of hydrogen-bond donors (Lipinski definition) is 1. The van der Waals surface area contributed by atoms with Crippen LogP contribution in [0, 0.1) is 0 Å². The van der Waals surface area contributed by atoms with Gasteiger partial charge in [-0.3, -0.25) is 0 Å². The molecule has 1 N–H and O–H groups in total. The van der Waals surface area contributed by atoms with E-state index in [4.69, 9.17) is 5.11 Å². The number of aliphatic carboxylic acids is 1. The number of ether oxygens (including phenoxy) is 1. The summed E-state index contributed by atoms with van der Waals surface area (Å²) in [5, 5.41) is 8.25. The van der Waals surface area contributed by atoms with Crippen molar-refractivity contribution in [2.75, 3.05) is 0 Å². The zero-order valence-electron chi connectivity index (χ0n) is 8.67. The third-order valence-corrected chi connectivity index (χ3v) is 1.61. The first kappa shape index (κ1) is 15.2. The molecule has 1 aromatic rings. The van der Waals surface area contributed by atoms with Gasteiger partial charge in [0, 0.05) is 29.2 Å². The minimum Gasteiger partial charge on any atom is -0.478 e. The van der Waals surface area contributed by atoms with Gasteiger partial charge in [0.25, 0.3) is 0 Å². The van der Waals surface area contributed by atoms with Crippen molar-refractivity contribution in [3.63, 3.8) is 0 Å². The molecule has 17 heavy (non-hydrogen) atoms. The molecule has 0 unspecified atom stereocenters. The van der Waals surface area contributed by atoms with Gasteiger partial charge in [-0.1, -0.05) is 30.3 Å². The number of carboxylic acid groups (broad SMARTS) is 1. The van der Waals surface area contributed by atoms with E-state index in [0.717, 1.165) is 17.7 Å². The molecule has 1 aromatic carbocycles. The Morgan fingerprint density at radius 1 is 1.12 bits per heavy atom.